The van der Waals surface area contributed by atoms with Crippen molar-refractivity contribution >= 4 is 28.4 Å². The normalized spacial score (nSPS) is 12.1. The lowest BCUT2D eigenvalue weighted by molar-refractivity contribution is -0.132. The number of aromatic carboxylic acids is 1. The first kappa shape index (κ1) is 27.8. The lowest BCUT2D eigenvalue weighted by atomic mass is 9.85. The van der Waals surface area contributed by atoms with E-state index in [1.54, 1.807) is 25.3 Å². The van der Waals surface area contributed by atoms with Crippen LogP contribution in [-0.2, 0) is 10.2 Å². The van der Waals surface area contributed by atoms with Crippen molar-refractivity contribution in [2.75, 3.05) is 0 Å². The van der Waals surface area contributed by atoms with Gasteiger partial charge in [0.15, 0.2) is 0 Å². The van der Waals surface area contributed by atoms with Crippen LogP contribution in [0.5, 0.6) is 0 Å². The molecule has 200 valence electrons. The smallest absolute Gasteiger partial charge is 0.335 e. The zero-order chi connectivity index (χ0) is 29.0. The number of allylic oxidation sites excluding steroid dienone is 1. The number of aliphatic carboxylic acids is 1. The van der Waals surface area contributed by atoms with Crippen LogP contribution in [0, 0.1) is 11.8 Å². The van der Waals surface area contributed by atoms with E-state index in [9.17, 15) is 19.8 Å². The van der Waals surface area contributed by atoms with Crippen molar-refractivity contribution in [1.29, 1.82) is 0 Å². The van der Waals surface area contributed by atoms with Crippen molar-refractivity contribution in [3.8, 4) is 23.2 Å². The average molecular weight is 532 g/mol. The van der Waals surface area contributed by atoms with Crippen LogP contribution in [0.3, 0.4) is 0 Å². The number of pyridine rings is 2. The van der Waals surface area contributed by atoms with E-state index >= 15 is 0 Å². The molecule has 2 aromatic heterocycles. The second-order valence-electron chi connectivity index (χ2n) is 10.3. The molecule has 4 N–H and O–H groups in total. The van der Waals surface area contributed by atoms with Crippen molar-refractivity contribution in [2.45, 2.75) is 33.1 Å². The summed E-state index contributed by atoms with van der Waals surface area (Å²) in [6, 6.07) is 18.6. The molecule has 0 aliphatic carbocycles. The van der Waals surface area contributed by atoms with Crippen LogP contribution in [0.4, 0.5) is 0 Å². The second-order valence-corrected chi connectivity index (χ2v) is 10.3. The Labute approximate surface area is 232 Å². The van der Waals surface area contributed by atoms with Gasteiger partial charge in [-0.3, -0.25) is 4.98 Å². The SMILES string of the molecule is C/C=C(\C=C(/N)c1cc(C(=O)O)cc(-c2cc(C#Cc3cccc4cc(C(C)(C)C)ccc34)ccn2)n1)C(=O)O. The molecule has 0 fully saturated rings. The Bertz CT molecular complexity index is 1770. The molecule has 0 unspecified atom stereocenters. The third-order valence-corrected chi connectivity index (χ3v) is 6.35. The molecule has 0 amide bonds. The van der Waals surface area contributed by atoms with E-state index in [-0.39, 0.29) is 33.6 Å². The van der Waals surface area contributed by atoms with Gasteiger partial charge in [0.2, 0.25) is 0 Å². The molecule has 0 spiro atoms. The van der Waals surface area contributed by atoms with Crippen LogP contribution in [0.15, 0.2) is 84.6 Å². The van der Waals surface area contributed by atoms with E-state index in [1.807, 2.05) is 12.1 Å². The standard InChI is InChI=1S/C33H29N3O4/c1-5-21(31(37)38)17-27(34)28-18-24(32(39)40)19-30(36-28)29-15-20(13-14-35-29)9-10-22-7-6-8-23-16-25(33(2,3)4)11-12-26(22)23/h5-8,11-19H,34H2,1-4H3,(H,37,38)(H,39,40)/b21-5+,27-17-. The van der Waals surface area contributed by atoms with Gasteiger partial charge in [-0.1, -0.05) is 69.0 Å². The molecule has 0 bridgehead atoms. The minimum atomic E-state index is -1.18. The maximum atomic E-state index is 11.8. The average Bonchev–Trinajstić information content (AvgIpc) is 2.93. The summed E-state index contributed by atoms with van der Waals surface area (Å²) < 4.78 is 0. The van der Waals surface area contributed by atoms with E-state index in [4.69, 9.17) is 5.73 Å². The molecular weight excluding hydrogens is 502 g/mol. The van der Waals surface area contributed by atoms with E-state index in [0.717, 1.165) is 16.3 Å². The number of carboxylic acids is 2. The van der Waals surface area contributed by atoms with Crippen LogP contribution in [0.25, 0.3) is 27.9 Å². The van der Waals surface area contributed by atoms with Crippen LogP contribution in [0.2, 0.25) is 0 Å². The number of nitrogens with zero attached hydrogens (tertiary/aromatic N) is 2. The van der Waals surface area contributed by atoms with Gasteiger partial charge in [0.05, 0.1) is 33.9 Å². The molecule has 4 aromatic rings. The number of rotatable bonds is 5. The minimum Gasteiger partial charge on any atom is -0.478 e. The third kappa shape index (κ3) is 6.25. The zero-order valence-corrected chi connectivity index (χ0v) is 22.7. The van der Waals surface area contributed by atoms with Crippen molar-refractivity contribution in [1.82, 2.24) is 9.97 Å². The first-order valence-corrected chi connectivity index (χ1v) is 12.6. The largest absolute Gasteiger partial charge is 0.478 e. The van der Waals surface area contributed by atoms with Gasteiger partial charge < -0.3 is 15.9 Å². The molecule has 0 radical (unpaired) electrons. The summed E-state index contributed by atoms with van der Waals surface area (Å²) in [7, 11) is 0. The van der Waals surface area contributed by atoms with Crippen molar-refractivity contribution in [2.24, 2.45) is 5.73 Å². The predicted octanol–water partition coefficient (Wildman–Crippen LogP) is 6.02. The van der Waals surface area contributed by atoms with E-state index in [0.29, 0.717) is 11.3 Å². The Balaban J connectivity index is 1.74. The molecule has 4 rings (SSSR count). The summed E-state index contributed by atoms with van der Waals surface area (Å²) in [5.74, 6) is 4.11. The number of nitrogens with two attached hydrogens (primary N) is 1. The third-order valence-electron chi connectivity index (χ3n) is 6.35. The summed E-state index contributed by atoms with van der Waals surface area (Å²) in [5.41, 5.74) is 9.67. The molecule has 7 heteroatoms. The molecule has 40 heavy (non-hydrogen) atoms. The highest BCUT2D eigenvalue weighted by molar-refractivity contribution is 5.93. The van der Waals surface area contributed by atoms with Gasteiger partial charge in [-0.25, -0.2) is 14.6 Å². The molecule has 0 atom stereocenters. The second kappa shape index (κ2) is 11.3. The summed E-state index contributed by atoms with van der Waals surface area (Å²) in [4.78, 5) is 32.0. The van der Waals surface area contributed by atoms with Crippen LogP contribution in [-0.4, -0.2) is 32.1 Å². The van der Waals surface area contributed by atoms with E-state index in [1.165, 1.54) is 29.8 Å². The highest BCUT2D eigenvalue weighted by Gasteiger charge is 2.15. The Morgan fingerprint density at radius 3 is 2.40 bits per heavy atom. The summed E-state index contributed by atoms with van der Waals surface area (Å²) in [6.07, 6.45) is 4.21. The number of fused-ring (bicyclic) bond motifs is 1. The number of carbonyl (C=O) groups is 2. The monoisotopic (exact) mass is 531 g/mol. The highest BCUT2D eigenvalue weighted by Crippen LogP contribution is 2.28. The first-order valence-electron chi connectivity index (χ1n) is 12.6. The van der Waals surface area contributed by atoms with Gasteiger partial charge >= 0.3 is 11.9 Å². The van der Waals surface area contributed by atoms with Crippen molar-refractivity contribution in [3.05, 3.63) is 113 Å². The molecule has 0 aliphatic rings. The van der Waals surface area contributed by atoms with E-state index < -0.39 is 11.9 Å². The van der Waals surface area contributed by atoms with Crippen LogP contribution >= 0.6 is 0 Å². The van der Waals surface area contributed by atoms with Gasteiger partial charge in [0, 0.05) is 17.3 Å². The fraction of sp³-hybridized carbons (Fsp3) is 0.152. The molecule has 0 saturated carbocycles. The molecule has 0 aliphatic heterocycles. The Morgan fingerprint density at radius 1 is 0.950 bits per heavy atom. The summed E-state index contributed by atoms with van der Waals surface area (Å²) in [5, 5.41) is 21.1. The quantitative estimate of drug-likeness (QED) is 0.163. The number of aromatic nitrogens is 2. The number of benzene rings is 2. The molecule has 7 nitrogen and oxygen atoms in total. The van der Waals surface area contributed by atoms with Crippen LogP contribution in [0.1, 0.15) is 60.4 Å². The maximum absolute atomic E-state index is 11.8. The van der Waals surface area contributed by atoms with Crippen molar-refractivity contribution in [3.63, 3.8) is 0 Å². The number of hydrogen-bond donors (Lipinski definition) is 3. The Hall–Kier alpha value is -5.22. The lowest BCUT2D eigenvalue weighted by Gasteiger charge is -2.19. The molecule has 2 aromatic carbocycles. The first-order chi connectivity index (χ1) is 19.0. The van der Waals surface area contributed by atoms with Gasteiger partial charge in [-0.15, -0.1) is 0 Å². The van der Waals surface area contributed by atoms with Gasteiger partial charge in [0.1, 0.15) is 0 Å². The molecular formula is C33H29N3O4. The summed E-state index contributed by atoms with van der Waals surface area (Å²) in [6.45, 7) is 8.12. The van der Waals surface area contributed by atoms with Crippen molar-refractivity contribution < 1.29 is 19.8 Å². The summed E-state index contributed by atoms with van der Waals surface area (Å²) >= 11 is 0. The Morgan fingerprint density at radius 2 is 1.73 bits per heavy atom. The fourth-order valence-electron chi connectivity index (χ4n) is 4.09. The minimum absolute atomic E-state index is 0.0152. The van der Waals surface area contributed by atoms with E-state index in [2.05, 4.69) is 66.8 Å². The number of carboxylic acid groups (broad SMARTS) is 2. The fourth-order valence-corrected chi connectivity index (χ4v) is 4.09. The Kier molecular flexibility index (Phi) is 7.83. The lowest BCUT2D eigenvalue weighted by Crippen LogP contribution is -2.10. The maximum Gasteiger partial charge on any atom is 0.335 e. The van der Waals surface area contributed by atoms with Gasteiger partial charge in [-0.05, 0) is 65.1 Å². The zero-order valence-electron chi connectivity index (χ0n) is 22.7. The molecule has 2 heterocycles. The van der Waals surface area contributed by atoms with Gasteiger partial charge in [-0.2, -0.15) is 0 Å². The molecule has 0 saturated heterocycles. The highest BCUT2D eigenvalue weighted by atomic mass is 16.4. The number of hydrogen-bond acceptors (Lipinski definition) is 5. The van der Waals surface area contributed by atoms with Gasteiger partial charge in [0.25, 0.3) is 0 Å². The topological polar surface area (TPSA) is 126 Å². The predicted molar refractivity (Wildman–Crippen MR) is 157 cm³/mol. The van der Waals surface area contributed by atoms with Crippen LogP contribution < -0.4 is 5.73 Å².